The minimum Gasteiger partial charge on any atom is -0.484 e. The van der Waals surface area contributed by atoms with Crippen LogP contribution in [0.5, 0.6) is 5.75 Å². The Morgan fingerprint density at radius 3 is 2.75 bits per heavy atom. The lowest BCUT2D eigenvalue weighted by Crippen LogP contribution is -2.39. The number of amides is 1. The maximum absolute atomic E-state index is 12.1. The molecule has 0 aromatic heterocycles. The van der Waals surface area contributed by atoms with Crippen molar-refractivity contribution < 1.29 is 14.3 Å². The number of benzene rings is 1. The first-order chi connectivity index (χ1) is 9.69. The van der Waals surface area contributed by atoms with Crippen LogP contribution in [-0.2, 0) is 9.53 Å². The van der Waals surface area contributed by atoms with Gasteiger partial charge in [-0.2, -0.15) is 0 Å². The van der Waals surface area contributed by atoms with Gasteiger partial charge in [-0.25, -0.2) is 0 Å². The van der Waals surface area contributed by atoms with Crippen molar-refractivity contribution in [1.29, 1.82) is 0 Å². The van der Waals surface area contributed by atoms with E-state index in [0.29, 0.717) is 13.1 Å². The Kier molecular flexibility index (Phi) is 5.41. The Balaban J connectivity index is 1.80. The van der Waals surface area contributed by atoms with E-state index in [4.69, 9.17) is 9.47 Å². The van der Waals surface area contributed by atoms with Crippen molar-refractivity contribution in [2.45, 2.75) is 32.8 Å². The van der Waals surface area contributed by atoms with Crippen molar-refractivity contribution in [3.8, 4) is 5.75 Å². The zero-order valence-electron chi connectivity index (χ0n) is 12.3. The van der Waals surface area contributed by atoms with Crippen LogP contribution in [0.1, 0.15) is 25.3 Å². The molecule has 2 rings (SSSR count). The number of aryl methyl sites for hydroxylation is 1. The first-order valence-electron chi connectivity index (χ1n) is 7.28. The molecule has 1 heterocycles. The smallest absolute Gasteiger partial charge is 0.260 e. The van der Waals surface area contributed by atoms with Gasteiger partial charge in [-0.15, -0.1) is 0 Å². The molecule has 0 bridgehead atoms. The molecule has 0 aliphatic carbocycles. The highest BCUT2D eigenvalue weighted by molar-refractivity contribution is 5.77. The summed E-state index contributed by atoms with van der Waals surface area (Å²) in [7, 11) is 0. The second kappa shape index (κ2) is 7.29. The van der Waals surface area contributed by atoms with Crippen LogP contribution in [0.2, 0.25) is 0 Å². The van der Waals surface area contributed by atoms with Gasteiger partial charge in [0.2, 0.25) is 0 Å². The maximum Gasteiger partial charge on any atom is 0.260 e. The van der Waals surface area contributed by atoms with Gasteiger partial charge in [0, 0.05) is 19.7 Å². The Labute approximate surface area is 120 Å². The van der Waals surface area contributed by atoms with Gasteiger partial charge in [0.05, 0.1) is 6.10 Å². The lowest BCUT2D eigenvalue weighted by atomic mass is 10.2. The number of carbonyl (C=O) groups excluding carboxylic acids is 1. The van der Waals surface area contributed by atoms with Gasteiger partial charge >= 0.3 is 0 Å². The minimum absolute atomic E-state index is 0.0172. The molecule has 1 aromatic rings. The van der Waals surface area contributed by atoms with Crippen molar-refractivity contribution >= 4 is 5.91 Å². The number of carbonyl (C=O) groups is 1. The Morgan fingerprint density at radius 1 is 1.40 bits per heavy atom. The molecule has 1 fully saturated rings. The number of ether oxygens (including phenoxy) is 2. The van der Waals surface area contributed by atoms with E-state index in [1.54, 1.807) is 0 Å². The van der Waals surface area contributed by atoms with Crippen LogP contribution in [0.15, 0.2) is 24.3 Å². The van der Waals surface area contributed by atoms with E-state index in [0.717, 1.165) is 25.2 Å². The van der Waals surface area contributed by atoms with Crippen molar-refractivity contribution in [3.05, 3.63) is 29.8 Å². The molecular weight excluding hydrogens is 254 g/mol. The second-order valence-electron chi connectivity index (χ2n) is 5.17. The van der Waals surface area contributed by atoms with Crippen LogP contribution in [0.3, 0.4) is 0 Å². The number of rotatable bonds is 6. The lowest BCUT2D eigenvalue weighted by molar-refractivity contribution is -0.134. The Hall–Kier alpha value is -1.55. The molecule has 110 valence electrons. The molecule has 1 saturated heterocycles. The molecule has 1 aliphatic heterocycles. The van der Waals surface area contributed by atoms with Crippen molar-refractivity contribution in [2.24, 2.45) is 0 Å². The van der Waals surface area contributed by atoms with Gasteiger partial charge in [-0.05, 0) is 38.8 Å². The van der Waals surface area contributed by atoms with Crippen LogP contribution in [0, 0.1) is 6.92 Å². The van der Waals surface area contributed by atoms with Crippen LogP contribution < -0.4 is 4.74 Å². The topological polar surface area (TPSA) is 38.8 Å². The van der Waals surface area contributed by atoms with Crippen LogP contribution in [0.25, 0.3) is 0 Å². The summed E-state index contributed by atoms with van der Waals surface area (Å²) in [5.41, 5.74) is 1.18. The van der Waals surface area contributed by atoms with E-state index in [1.165, 1.54) is 5.56 Å². The molecule has 0 saturated carbocycles. The summed E-state index contributed by atoms with van der Waals surface area (Å²) in [6.07, 6.45) is 2.33. The van der Waals surface area contributed by atoms with E-state index in [-0.39, 0.29) is 18.6 Å². The molecule has 0 spiro atoms. The molecule has 1 unspecified atom stereocenters. The van der Waals surface area contributed by atoms with E-state index in [1.807, 2.05) is 43.0 Å². The van der Waals surface area contributed by atoms with E-state index in [2.05, 4.69) is 0 Å². The van der Waals surface area contributed by atoms with Crippen molar-refractivity contribution in [1.82, 2.24) is 4.90 Å². The van der Waals surface area contributed by atoms with Crippen LogP contribution >= 0.6 is 0 Å². The molecule has 1 aromatic carbocycles. The number of likely N-dealkylation sites (N-methyl/N-ethyl adjacent to an activating group) is 1. The van der Waals surface area contributed by atoms with E-state index in [9.17, 15) is 4.79 Å². The third kappa shape index (κ3) is 4.23. The third-order valence-corrected chi connectivity index (χ3v) is 3.57. The molecule has 1 aliphatic rings. The summed E-state index contributed by atoms with van der Waals surface area (Å²) >= 11 is 0. The molecule has 4 nitrogen and oxygen atoms in total. The van der Waals surface area contributed by atoms with Crippen molar-refractivity contribution in [3.63, 3.8) is 0 Å². The molecule has 0 N–H and O–H groups in total. The molecule has 1 amide bonds. The summed E-state index contributed by atoms with van der Waals surface area (Å²) in [5.74, 6) is 0.751. The predicted octanol–water partition coefficient (Wildman–Crippen LogP) is 2.40. The quantitative estimate of drug-likeness (QED) is 0.801. The van der Waals surface area contributed by atoms with E-state index >= 15 is 0 Å². The first kappa shape index (κ1) is 14.9. The van der Waals surface area contributed by atoms with E-state index < -0.39 is 0 Å². The maximum atomic E-state index is 12.1. The van der Waals surface area contributed by atoms with Gasteiger partial charge < -0.3 is 14.4 Å². The zero-order chi connectivity index (χ0) is 14.4. The summed E-state index contributed by atoms with van der Waals surface area (Å²) in [5, 5.41) is 0. The highest BCUT2D eigenvalue weighted by atomic mass is 16.5. The Morgan fingerprint density at radius 2 is 2.15 bits per heavy atom. The standard InChI is InChI=1S/C16H23NO3/c1-3-17(11-15-5-4-10-19-15)16(18)12-20-14-8-6-13(2)7-9-14/h6-9,15H,3-5,10-12H2,1-2H3. The Bertz CT molecular complexity index is 424. The minimum atomic E-state index is 0.0172. The fourth-order valence-corrected chi connectivity index (χ4v) is 2.31. The molecule has 20 heavy (non-hydrogen) atoms. The van der Waals surface area contributed by atoms with Gasteiger partial charge in [-0.1, -0.05) is 17.7 Å². The normalized spacial score (nSPS) is 18.0. The highest BCUT2D eigenvalue weighted by Gasteiger charge is 2.21. The molecule has 0 radical (unpaired) electrons. The monoisotopic (exact) mass is 277 g/mol. The summed E-state index contributed by atoms with van der Waals surface area (Å²) in [4.78, 5) is 14.0. The van der Waals surface area contributed by atoms with Crippen LogP contribution in [-0.4, -0.2) is 43.2 Å². The van der Waals surface area contributed by atoms with Crippen LogP contribution in [0.4, 0.5) is 0 Å². The second-order valence-corrected chi connectivity index (χ2v) is 5.17. The molecular formula is C16H23NO3. The van der Waals surface area contributed by atoms with Gasteiger partial charge in [0.15, 0.2) is 6.61 Å². The molecule has 4 heteroatoms. The average molecular weight is 277 g/mol. The SMILES string of the molecule is CCN(CC1CCCO1)C(=O)COc1ccc(C)cc1. The highest BCUT2D eigenvalue weighted by Crippen LogP contribution is 2.14. The first-order valence-corrected chi connectivity index (χ1v) is 7.28. The fraction of sp³-hybridized carbons (Fsp3) is 0.562. The number of hydrogen-bond donors (Lipinski definition) is 0. The molecule has 1 atom stereocenters. The average Bonchev–Trinajstić information content (AvgIpc) is 2.97. The summed E-state index contributed by atoms with van der Waals surface area (Å²) < 4.78 is 11.1. The van der Waals surface area contributed by atoms with Gasteiger partial charge in [0.1, 0.15) is 5.75 Å². The fourth-order valence-electron chi connectivity index (χ4n) is 2.31. The summed E-state index contributed by atoms with van der Waals surface area (Å²) in [6.45, 7) is 6.27. The lowest BCUT2D eigenvalue weighted by Gasteiger charge is -2.24. The van der Waals surface area contributed by atoms with Gasteiger partial charge in [0.25, 0.3) is 5.91 Å². The van der Waals surface area contributed by atoms with Gasteiger partial charge in [-0.3, -0.25) is 4.79 Å². The predicted molar refractivity (Wildman–Crippen MR) is 77.9 cm³/mol. The number of nitrogens with zero attached hydrogens (tertiary/aromatic N) is 1. The number of hydrogen-bond acceptors (Lipinski definition) is 3. The summed E-state index contributed by atoms with van der Waals surface area (Å²) in [6, 6.07) is 7.73. The zero-order valence-corrected chi connectivity index (χ0v) is 12.3. The van der Waals surface area contributed by atoms with Crippen molar-refractivity contribution in [2.75, 3.05) is 26.3 Å². The largest absolute Gasteiger partial charge is 0.484 e. The third-order valence-electron chi connectivity index (χ3n) is 3.57.